The van der Waals surface area contributed by atoms with Crippen molar-refractivity contribution in [2.24, 2.45) is 5.73 Å². The minimum atomic E-state index is -0.220. The Hall–Kier alpha value is -1.13. The topological polar surface area (TPSA) is 38.5 Å². The highest BCUT2D eigenvalue weighted by Gasteiger charge is 2.34. The van der Waals surface area contributed by atoms with Crippen molar-refractivity contribution >= 4 is 5.69 Å². The van der Waals surface area contributed by atoms with E-state index < -0.39 is 0 Å². The molecule has 98 valence electrons. The molecule has 2 N–H and O–H groups in total. The van der Waals surface area contributed by atoms with E-state index in [4.69, 9.17) is 10.5 Å². The maximum absolute atomic E-state index is 13.3. The van der Waals surface area contributed by atoms with Gasteiger partial charge in [-0.1, -0.05) is 0 Å². The van der Waals surface area contributed by atoms with Crippen LogP contribution in [0.3, 0.4) is 0 Å². The number of rotatable bonds is 2. The summed E-state index contributed by atoms with van der Waals surface area (Å²) in [4.78, 5) is 2.30. The molecule has 0 saturated carbocycles. The van der Waals surface area contributed by atoms with Crippen LogP contribution >= 0.6 is 0 Å². The highest BCUT2D eigenvalue weighted by atomic mass is 19.1. The van der Waals surface area contributed by atoms with E-state index in [0.29, 0.717) is 12.2 Å². The third-order valence-corrected chi connectivity index (χ3v) is 3.86. The highest BCUT2D eigenvalue weighted by Crippen LogP contribution is 2.33. The molecule has 1 aromatic rings. The van der Waals surface area contributed by atoms with Crippen molar-refractivity contribution in [2.75, 3.05) is 18.0 Å². The van der Waals surface area contributed by atoms with Crippen LogP contribution in [0.15, 0.2) is 18.2 Å². The molecule has 2 bridgehead atoms. The van der Waals surface area contributed by atoms with E-state index in [2.05, 4.69) is 4.90 Å². The van der Waals surface area contributed by atoms with Crippen LogP contribution in [0.25, 0.3) is 0 Å². The van der Waals surface area contributed by atoms with Gasteiger partial charge in [0.25, 0.3) is 0 Å². The fraction of sp³-hybridized carbons (Fsp3) is 0.571. The summed E-state index contributed by atoms with van der Waals surface area (Å²) < 4.78 is 19.2. The normalized spacial score (nSPS) is 28.5. The van der Waals surface area contributed by atoms with Crippen molar-refractivity contribution < 1.29 is 9.13 Å². The molecular weight excluding hydrogens is 231 g/mol. The van der Waals surface area contributed by atoms with Gasteiger partial charge in [-0.3, -0.25) is 0 Å². The lowest BCUT2D eigenvalue weighted by molar-refractivity contribution is 0.0304. The van der Waals surface area contributed by atoms with Crippen LogP contribution in [0.1, 0.15) is 31.4 Å². The lowest BCUT2D eigenvalue weighted by atomic mass is 10.0. The minimum absolute atomic E-state index is 0.156. The molecule has 1 aromatic carbocycles. The van der Waals surface area contributed by atoms with E-state index in [1.165, 1.54) is 6.07 Å². The summed E-state index contributed by atoms with van der Waals surface area (Å²) in [5.74, 6) is -0.220. The Labute approximate surface area is 107 Å². The molecule has 0 aliphatic carbocycles. The second-order valence-electron chi connectivity index (χ2n) is 5.35. The SMILES string of the molecule is CC(N)c1cc(F)ccc1N1CC2CCC(C1)O2. The van der Waals surface area contributed by atoms with Crippen LogP contribution in [0.5, 0.6) is 0 Å². The van der Waals surface area contributed by atoms with Gasteiger partial charge < -0.3 is 15.4 Å². The molecule has 0 radical (unpaired) electrons. The van der Waals surface area contributed by atoms with Gasteiger partial charge in [0.05, 0.1) is 12.2 Å². The summed E-state index contributed by atoms with van der Waals surface area (Å²) in [5.41, 5.74) is 7.90. The molecule has 2 aliphatic heterocycles. The van der Waals surface area contributed by atoms with Crippen LogP contribution in [-0.2, 0) is 4.74 Å². The molecule has 3 atom stereocenters. The van der Waals surface area contributed by atoms with Gasteiger partial charge in [-0.15, -0.1) is 0 Å². The van der Waals surface area contributed by atoms with Crippen LogP contribution < -0.4 is 10.6 Å². The number of nitrogens with zero attached hydrogens (tertiary/aromatic N) is 1. The first-order valence-electron chi connectivity index (χ1n) is 6.59. The predicted molar refractivity (Wildman–Crippen MR) is 69.1 cm³/mol. The van der Waals surface area contributed by atoms with E-state index in [0.717, 1.165) is 37.2 Å². The van der Waals surface area contributed by atoms with E-state index in [1.54, 1.807) is 6.07 Å². The van der Waals surface area contributed by atoms with Crippen molar-refractivity contribution in [3.63, 3.8) is 0 Å². The second kappa shape index (κ2) is 4.52. The number of nitrogens with two attached hydrogens (primary N) is 1. The Kier molecular flexibility index (Phi) is 2.99. The molecule has 2 fully saturated rings. The Balaban J connectivity index is 1.91. The van der Waals surface area contributed by atoms with Gasteiger partial charge in [0.15, 0.2) is 0 Å². The molecule has 0 amide bonds. The smallest absolute Gasteiger partial charge is 0.123 e. The number of benzene rings is 1. The lowest BCUT2D eigenvalue weighted by Crippen LogP contribution is -2.43. The quantitative estimate of drug-likeness (QED) is 0.874. The summed E-state index contributed by atoms with van der Waals surface area (Å²) in [7, 11) is 0. The predicted octanol–water partition coefficient (Wildman–Crippen LogP) is 2.21. The number of hydrogen-bond donors (Lipinski definition) is 1. The number of morpholine rings is 1. The van der Waals surface area contributed by atoms with Crippen molar-refractivity contribution in [2.45, 2.75) is 38.0 Å². The molecule has 18 heavy (non-hydrogen) atoms. The number of halogens is 1. The maximum atomic E-state index is 13.3. The number of ether oxygens (including phenoxy) is 1. The Morgan fingerprint density at radius 2 is 2.00 bits per heavy atom. The largest absolute Gasteiger partial charge is 0.371 e. The molecular formula is C14H19FN2O. The van der Waals surface area contributed by atoms with Gasteiger partial charge in [-0.2, -0.15) is 0 Å². The summed E-state index contributed by atoms with van der Waals surface area (Å²) in [6.45, 7) is 3.68. The second-order valence-corrected chi connectivity index (χ2v) is 5.35. The maximum Gasteiger partial charge on any atom is 0.123 e. The molecule has 3 unspecified atom stereocenters. The van der Waals surface area contributed by atoms with Gasteiger partial charge >= 0.3 is 0 Å². The van der Waals surface area contributed by atoms with Crippen molar-refractivity contribution in [3.8, 4) is 0 Å². The Bertz CT molecular complexity index is 437. The van der Waals surface area contributed by atoms with Crippen LogP contribution in [-0.4, -0.2) is 25.3 Å². The fourth-order valence-corrected chi connectivity index (χ4v) is 2.99. The average molecular weight is 250 g/mol. The standard InChI is InChI=1S/C14H19FN2O/c1-9(16)13-6-10(15)2-5-14(13)17-7-11-3-4-12(8-17)18-11/h2,5-6,9,11-12H,3-4,7-8,16H2,1H3. The van der Waals surface area contributed by atoms with Gasteiger partial charge in [-0.25, -0.2) is 4.39 Å². The zero-order chi connectivity index (χ0) is 12.7. The number of anilines is 1. The summed E-state index contributed by atoms with van der Waals surface area (Å²) in [6.07, 6.45) is 2.93. The van der Waals surface area contributed by atoms with E-state index >= 15 is 0 Å². The molecule has 0 spiro atoms. The number of fused-ring (bicyclic) bond motifs is 2. The van der Waals surface area contributed by atoms with E-state index in [9.17, 15) is 4.39 Å². The summed E-state index contributed by atoms with van der Waals surface area (Å²) in [6, 6.07) is 4.76. The molecule has 4 heteroatoms. The summed E-state index contributed by atoms with van der Waals surface area (Å²) in [5, 5.41) is 0. The third kappa shape index (κ3) is 2.10. The van der Waals surface area contributed by atoms with Gasteiger partial charge in [-0.05, 0) is 43.5 Å². The molecule has 2 aliphatic rings. The van der Waals surface area contributed by atoms with Gasteiger partial charge in [0.2, 0.25) is 0 Å². The molecule has 0 aromatic heterocycles. The minimum Gasteiger partial charge on any atom is -0.371 e. The first kappa shape index (κ1) is 11.9. The van der Waals surface area contributed by atoms with Crippen molar-refractivity contribution in [3.05, 3.63) is 29.6 Å². The average Bonchev–Trinajstić information content (AvgIpc) is 2.68. The first-order chi connectivity index (χ1) is 8.63. The van der Waals surface area contributed by atoms with Crippen LogP contribution in [0.2, 0.25) is 0 Å². The van der Waals surface area contributed by atoms with Crippen molar-refractivity contribution in [1.29, 1.82) is 0 Å². The van der Waals surface area contributed by atoms with Crippen molar-refractivity contribution in [1.82, 2.24) is 0 Å². The highest BCUT2D eigenvalue weighted by molar-refractivity contribution is 5.55. The van der Waals surface area contributed by atoms with E-state index in [1.807, 2.05) is 13.0 Å². The fourth-order valence-electron chi connectivity index (χ4n) is 2.99. The Morgan fingerprint density at radius 3 is 2.61 bits per heavy atom. The zero-order valence-corrected chi connectivity index (χ0v) is 10.6. The first-order valence-corrected chi connectivity index (χ1v) is 6.59. The van der Waals surface area contributed by atoms with Crippen LogP contribution in [0, 0.1) is 5.82 Å². The summed E-state index contributed by atoms with van der Waals surface area (Å²) >= 11 is 0. The monoisotopic (exact) mass is 250 g/mol. The lowest BCUT2D eigenvalue weighted by Gasteiger charge is -2.35. The number of hydrogen-bond acceptors (Lipinski definition) is 3. The molecule has 2 saturated heterocycles. The van der Waals surface area contributed by atoms with Gasteiger partial charge in [0, 0.05) is 24.8 Å². The zero-order valence-electron chi connectivity index (χ0n) is 10.6. The van der Waals surface area contributed by atoms with E-state index in [-0.39, 0.29) is 11.9 Å². The molecule has 3 nitrogen and oxygen atoms in total. The van der Waals surface area contributed by atoms with Crippen LogP contribution in [0.4, 0.5) is 10.1 Å². The third-order valence-electron chi connectivity index (χ3n) is 3.86. The molecule has 2 heterocycles. The van der Waals surface area contributed by atoms with Gasteiger partial charge in [0.1, 0.15) is 5.82 Å². The Morgan fingerprint density at radius 1 is 1.33 bits per heavy atom. The molecule has 3 rings (SSSR count).